The average Bonchev–Trinajstić information content (AvgIpc) is 2.51. The van der Waals surface area contributed by atoms with Gasteiger partial charge in [-0.05, 0) is 44.4 Å². The molecule has 0 bridgehead atoms. The zero-order valence-electron chi connectivity index (χ0n) is 14.5. The Morgan fingerprint density at radius 1 is 1.21 bits per heavy atom. The van der Waals surface area contributed by atoms with Crippen molar-refractivity contribution in [3.05, 3.63) is 23.8 Å². The lowest BCUT2D eigenvalue weighted by molar-refractivity contribution is -0.147. The summed E-state index contributed by atoms with van der Waals surface area (Å²) in [6.07, 6.45) is 7.90. The van der Waals surface area contributed by atoms with Crippen molar-refractivity contribution in [2.75, 3.05) is 5.32 Å². The average molecular weight is 330 g/mol. The number of anilines is 1. The van der Waals surface area contributed by atoms with Crippen LogP contribution in [0.25, 0.3) is 0 Å². The fourth-order valence-corrected chi connectivity index (χ4v) is 3.41. The summed E-state index contributed by atoms with van der Waals surface area (Å²) in [5, 5.41) is 5.85. The third-order valence-corrected chi connectivity index (χ3v) is 5.00. The van der Waals surface area contributed by atoms with Crippen LogP contribution in [-0.4, -0.2) is 23.5 Å². The minimum atomic E-state index is -1.52. The summed E-state index contributed by atoms with van der Waals surface area (Å²) in [7, 11) is 0. The van der Waals surface area contributed by atoms with Crippen LogP contribution in [-0.2, 0) is 9.59 Å². The zero-order valence-corrected chi connectivity index (χ0v) is 14.5. The molecular weight excluding hydrogens is 304 g/mol. The van der Waals surface area contributed by atoms with Gasteiger partial charge < -0.3 is 15.4 Å². The molecule has 0 spiro atoms. The molecule has 5 nitrogen and oxygen atoms in total. The molecule has 0 radical (unpaired) electrons. The van der Waals surface area contributed by atoms with E-state index in [2.05, 4.69) is 10.6 Å². The van der Waals surface area contributed by atoms with E-state index in [-0.39, 0.29) is 11.9 Å². The third-order valence-electron chi connectivity index (χ3n) is 5.00. The first-order chi connectivity index (χ1) is 11.5. The van der Waals surface area contributed by atoms with Gasteiger partial charge in [0, 0.05) is 6.04 Å². The third kappa shape index (κ3) is 3.40. The van der Waals surface area contributed by atoms with Crippen LogP contribution in [0.5, 0.6) is 5.75 Å². The molecule has 1 fully saturated rings. The van der Waals surface area contributed by atoms with Crippen LogP contribution >= 0.6 is 0 Å². The zero-order chi connectivity index (χ0) is 17.2. The first-order valence-corrected chi connectivity index (χ1v) is 8.91. The van der Waals surface area contributed by atoms with E-state index < -0.39 is 11.5 Å². The van der Waals surface area contributed by atoms with Crippen molar-refractivity contribution >= 4 is 17.5 Å². The van der Waals surface area contributed by atoms with Gasteiger partial charge in [-0.2, -0.15) is 0 Å². The Morgan fingerprint density at radius 2 is 1.88 bits per heavy atom. The molecule has 1 atom stereocenters. The van der Waals surface area contributed by atoms with Crippen molar-refractivity contribution in [2.24, 2.45) is 0 Å². The highest BCUT2D eigenvalue weighted by Crippen LogP contribution is 2.34. The number of rotatable bonds is 2. The van der Waals surface area contributed by atoms with E-state index in [1.54, 1.807) is 13.0 Å². The van der Waals surface area contributed by atoms with Crippen LogP contribution < -0.4 is 15.4 Å². The van der Waals surface area contributed by atoms with E-state index in [1.807, 2.05) is 19.1 Å². The second-order valence-corrected chi connectivity index (χ2v) is 7.10. The number of carbonyl (C=O) groups excluding carboxylic acids is 2. The van der Waals surface area contributed by atoms with Gasteiger partial charge in [0.05, 0.1) is 5.69 Å². The standard InChI is InChI=1S/C19H26N2O3/c1-13-10-11-16-15(12-13)21-18(23)19(2,24-16)17(22)20-14-8-6-4-3-5-7-9-14/h10-12,14H,3-9H2,1-2H3,(H,20,22)(H,21,23). The van der Waals surface area contributed by atoms with Gasteiger partial charge in [0.15, 0.2) is 0 Å². The number of carbonyl (C=O) groups is 2. The molecule has 2 amide bonds. The summed E-state index contributed by atoms with van der Waals surface area (Å²) in [5.74, 6) is -0.226. The molecule has 2 N–H and O–H groups in total. The minimum absolute atomic E-state index is 0.130. The van der Waals surface area contributed by atoms with E-state index in [1.165, 1.54) is 19.3 Å². The van der Waals surface area contributed by atoms with Crippen molar-refractivity contribution in [2.45, 2.75) is 70.4 Å². The van der Waals surface area contributed by atoms with Crippen molar-refractivity contribution < 1.29 is 14.3 Å². The first-order valence-electron chi connectivity index (χ1n) is 8.91. The van der Waals surface area contributed by atoms with Gasteiger partial charge in [-0.25, -0.2) is 0 Å². The largest absolute Gasteiger partial charge is 0.466 e. The van der Waals surface area contributed by atoms with Gasteiger partial charge in [0.1, 0.15) is 5.75 Å². The second kappa shape index (κ2) is 6.83. The van der Waals surface area contributed by atoms with E-state index in [4.69, 9.17) is 4.74 Å². The SMILES string of the molecule is Cc1ccc2c(c1)NC(=O)C(C)(C(=O)NC1CCCCCCC1)O2. The van der Waals surface area contributed by atoms with Gasteiger partial charge in [-0.3, -0.25) is 9.59 Å². The molecule has 1 aromatic rings. The highest BCUT2D eigenvalue weighted by atomic mass is 16.5. The summed E-state index contributed by atoms with van der Waals surface area (Å²) in [5.41, 5.74) is 0.126. The van der Waals surface area contributed by atoms with Crippen molar-refractivity contribution in [3.63, 3.8) is 0 Å². The van der Waals surface area contributed by atoms with Gasteiger partial charge in [-0.15, -0.1) is 0 Å². The van der Waals surface area contributed by atoms with Crippen LogP contribution in [0.1, 0.15) is 57.4 Å². The van der Waals surface area contributed by atoms with Crippen LogP contribution in [0, 0.1) is 6.92 Å². The van der Waals surface area contributed by atoms with E-state index in [0.717, 1.165) is 31.2 Å². The number of aryl methyl sites for hydroxylation is 1. The van der Waals surface area contributed by atoms with Crippen LogP contribution in [0.3, 0.4) is 0 Å². The summed E-state index contributed by atoms with van der Waals surface area (Å²) in [6.45, 7) is 3.49. The van der Waals surface area contributed by atoms with Crippen LogP contribution in [0.2, 0.25) is 0 Å². The first kappa shape index (κ1) is 16.8. The fourth-order valence-electron chi connectivity index (χ4n) is 3.41. The molecular formula is C19H26N2O3. The Kier molecular flexibility index (Phi) is 4.78. The number of nitrogens with one attached hydrogen (secondary N) is 2. The number of fused-ring (bicyclic) bond motifs is 1. The molecule has 0 saturated heterocycles. The minimum Gasteiger partial charge on any atom is -0.466 e. The Bertz CT molecular complexity index is 635. The van der Waals surface area contributed by atoms with E-state index in [0.29, 0.717) is 11.4 Å². The molecule has 5 heteroatoms. The van der Waals surface area contributed by atoms with Gasteiger partial charge in [-0.1, -0.05) is 38.2 Å². The number of hydrogen-bond donors (Lipinski definition) is 2. The monoisotopic (exact) mass is 330 g/mol. The fraction of sp³-hybridized carbons (Fsp3) is 0.579. The highest BCUT2D eigenvalue weighted by Gasteiger charge is 2.47. The quantitative estimate of drug-likeness (QED) is 0.818. The van der Waals surface area contributed by atoms with Gasteiger partial charge >= 0.3 is 0 Å². The smallest absolute Gasteiger partial charge is 0.278 e. The number of hydrogen-bond acceptors (Lipinski definition) is 3. The Labute approximate surface area is 143 Å². The van der Waals surface area contributed by atoms with Gasteiger partial charge in [0.25, 0.3) is 17.4 Å². The van der Waals surface area contributed by atoms with Crippen molar-refractivity contribution in [3.8, 4) is 5.75 Å². The molecule has 1 aliphatic heterocycles. The molecule has 0 aromatic heterocycles. The Morgan fingerprint density at radius 3 is 2.58 bits per heavy atom. The van der Waals surface area contributed by atoms with Gasteiger partial charge in [0.2, 0.25) is 0 Å². The number of benzene rings is 1. The Balaban J connectivity index is 1.73. The molecule has 130 valence electrons. The molecule has 2 aliphatic rings. The normalized spacial score (nSPS) is 24.8. The molecule has 24 heavy (non-hydrogen) atoms. The Hall–Kier alpha value is -2.04. The molecule has 1 saturated carbocycles. The topological polar surface area (TPSA) is 67.4 Å². The molecule has 1 unspecified atom stereocenters. The van der Waals surface area contributed by atoms with E-state index in [9.17, 15) is 9.59 Å². The molecule has 3 rings (SSSR count). The van der Waals surface area contributed by atoms with Crippen LogP contribution in [0.4, 0.5) is 5.69 Å². The predicted octanol–water partition coefficient (Wildman–Crippen LogP) is 3.31. The van der Waals surface area contributed by atoms with Crippen molar-refractivity contribution in [1.29, 1.82) is 0 Å². The molecule has 1 aliphatic carbocycles. The number of amides is 2. The lowest BCUT2D eigenvalue weighted by atomic mass is 9.95. The maximum Gasteiger partial charge on any atom is 0.278 e. The molecule has 1 heterocycles. The predicted molar refractivity (Wildman–Crippen MR) is 93.1 cm³/mol. The second-order valence-electron chi connectivity index (χ2n) is 7.10. The summed E-state index contributed by atoms with van der Waals surface area (Å²) >= 11 is 0. The highest BCUT2D eigenvalue weighted by molar-refractivity contribution is 6.15. The number of ether oxygens (including phenoxy) is 1. The molecule has 1 aromatic carbocycles. The summed E-state index contributed by atoms with van der Waals surface area (Å²) in [4.78, 5) is 25.3. The maximum absolute atomic E-state index is 12.8. The maximum atomic E-state index is 12.8. The lowest BCUT2D eigenvalue weighted by Crippen LogP contribution is -2.60. The van der Waals surface area contributed by atoms with Crippen molar-refractivity contribution in [1.82, 2.24) is 5.32 Å². The van der Waals surface area contributed by atoms with Crippen LogP contribution in [0.15, 0.2) is 18.2 Å². The lowest BCUT2D eigenvalue weighted by Gasteiger charge is -2.34. The van der Waals surface area contributed by atoms with E-state index >= 15 is 0 Å². The summed E-state index contributed by atoms with van der Waals surface area (Å²) < 4.78 is 5.82. The summed E-state index contributed by atoms with van der Waals surface area (Å²) in [6, 6.07) is 5.68.